The Labute approximate surface area is 101 Å². The van der Waals surface area contributed by atoms with Crippen LogP contribution in [0.5, 0.6) is 5.75 Å². The monoisotopic (exact) mass is 235 g/mol. The van der Waals surface area contributed by atoms with E-state index < -0.39 is 6.10 Å². The van der Waals surface area contributed by atoms with Crippen LogP contribution in [0.4, 0.5) is 0 Å². The molecule has 0 aliphatic carbocycles. The zero-order chi connectivity index (χ0) is 12.8. The Hall–Kier alpha value is -1.84. The minimum atomic E-state index is -0.616. The summed E-state index contributed by atoms with van der Waals surface area (Å²) < 4.78 is 5.54. The van der Waals surface area contributed by atoms with Crippen molar-refractivity contribution in [2.75, 3.05) is 6.54 Å². The highest BCUT2D eigenvalue weighted by molar-refractivity contribution is 5.83. The van der Waals surface area contributed by atoms with Gasteiger partial charge in [0.1, 0.15) is 5.75 Å². The lowest BCUT2D eigenvalue weighted by molar-refractivity contribution is -0.127. The molecule has 1 aromatic rings. The van der Waals surface area contributed by atoms with E-state index in [0.29, 0.717) is 17.9 Å². The maximum atomic E-state index is 11.5. The van der Waals surface area contributed by atoms with E-state index in [9.17, 15) is 9.59 Å². The molecule has 1 N–H and O–H groups in total. The molecular formula is C13H17NO3. The van der Waals surface area contributed by atoms with Gasteiger partial charge in [-0.15, -0.1) is 0 Å². The van der Waals surface area contributed by atoms with Crippen molar-refractivity contribution in [3.05, 3.63) is 29.3 Å². The largest absolute Gasteiger partial charge is 0.480 e. The third-order valence-corrected chi connectivity index (χ3v) is 2.38. The summed E-state index contributed by atoms with van der Waals surface area (Å²) in [4.78, 5) is 22.4. The van der Waals surface area contributed by atoms with Crippen molar-refractivity contribution in [2.24, 2.45) is 0 Å². The smallest absolute Gasteiger partial charge is 0.260 e. The van der Waals surface area contributed by atoms with E-state index in [4.69, 9.17) is 4.74 Å². The molecule has 0 saturated heterocycles. The molecule has 0 aliphatic rings. The molecule has 0 radical (unpaired) electrons. The summed E-state index contributed by atoms with van der Waals surface area (Å²) in [5, 5.41) is 2.67. The number of benzene rings is 1. The van der Waals surface area contributed by atoms with Gasteiger partial charge in [0.25, 0.3) is 5.91 Å². The van der Waals surface area contributed by atoms with Crippen LogP contribution < -0.4 is 10.1 Å². The van der Waals surface area contributed by atoms with Gasteiger partial charge < -0.3 is 10.1 Å². The van der Waals surface area contributed by atoms with Crippen LogP contribution in [0, 0.1) is 6.92 Å². The Morgan fingerprint density at radius 1 is 1.53 bits per heavy atom. The standard InChI is InChI=1S/C13H17NO3/c1-4-14-13(16)10(3)17-12-9(2)6-5-7-11(12)8-15/h5-8,10H,4H2,1-3H3,(H,14,16). The van der Waals surface area contributed by atoms with Gasteiger partial charge in [0, 0.05) is 6.54 Å². The number of hydrogen-bond donors (Lipinski definition) is 1. The van der Waals surface area contributed by atoms with Gasteiger partial charge in [0.15, 0.2) is 12.4 Å². The van der Waals surface area contributed by atoms with Gasteiger partial charge in [-0.1, -0.05) is 12.1 Å². The van der Waals surface area contributed by atoms with Crippen LogP contribution in [0.3, 0.4) is 0 Å². The topological polar surface area (TPSA) is 55.4 Å². The number of aryl methyl sites for hydroxylation is 1. The molecule has 1 rings (SSSR count). The van der Waals surface area contributed by atoms with Crippen molar-refractivity contribution < 1.29 is 14.3 Å². The maximum absolute atomic E-state index is 11.5. The van der Waals surface area contributed by atoms with Gasteiger partial charge in [-0.2, -0.15) is 0 Å². The van der Waals surface area contributed by atoms with Crippen LogP contribution in [0.2, 0.25) is 0 Å². The first-order valence-corrected chi connectivity index (χ1v) is 5.59. The maximum Gasteiger partial charge on any atom is 0.260 e. The summed E-state index contributed by atoms with van der Waals surface area (Å²) in [5.74, 6) is 0.286. The van der Waals surface area contributed by atoms with E-state index >= 15 is 0 Å². The van der Waals surface area contributed by atoms with Crippen molar-refractivity contribution in [1.82, 2.24) is 5.32 Å². The second kappa shape index (κ2) is 6.03. The van der Waals surface area contributed by atoms with E-state index in [0.717, 1.165) is 11.8 Å². The van der Waals surface area contributed by atoms with Crippen LogP contribution in [0.1, 0.15) is 29.8 Å². The highest BCUT2D eigenvalue weighted by Gasteiger charge is 2.16. The fourth-order valence-corrected chi connectivity index (χ4v) is 1.48. The number of rotatable bonds is 5. The molecular weight excluding hydrogens is 218 g/mol. The molecule has 1 unspecified atom stereocenters. The quantitative estimate of drug-likeness (QED) is 0.790. The number of likely N-dealkylation sites (N-methyl/N-ethyl adjacent to an activating group) is 1. The Balaban J connectivity index is 2.87. The van der Waals surface area contributed by atoms with Crippen LogP contribution >= 0.6 is 0 Å². The molecule has 0 aromatic heterocycles. The average Bonchev–Trinajstić information content (AvgIpc) is 2.31. The summed E-state index contributed by atoms with van der Waals surface area (Å²) in [5.41, 5.74) is 1.30. The first-order valence-electron chi connectivity index (χ1n) is 5.59. The number of ether oxygens (including phenoxy) is 1. The molecule has 17 heavy (non-hydrogen) atoms. The molecule has 0 bridgehead atoms. The fourth-order valence-electron chi connectivity index (χ4n) is 1.48. The van der Waals surface area contributed by atoms with Gasteiger partial charge in [0.2, 0.25) is 0 Å². The zero-order valence-corrected chi connectivity index (χ0v) is 10.3. The van der Waals surface area contributed by atoms with Crippen LogP contribution in [-0.2, 0) is 4.79 Å². The molecule has 92 valence electrons. The first kappa shape index (κ1) is 13.2. The summed E-state index contributed by atoms with van der Waals surface area (Å²) >= 11 is 0. The zero-order valence-electron chi connectivity index (χ0n) is 10.3. The average molecular weight is 235 g/mol. The summed E-state index contributed by atoms with van der Waals surface area (Å²) in [6.45, 7) is 5.90. The van der Waals surface area contributed by atoms with Crippen LogP contribution in [-0.4, -0.2) is 24.8 Å². The highest BCUT2D eigenvalue weighted by Crippen LogP contribution is 2.23. The summed E-state index contributed by atoms with van der Waals surface area (Å²) in [6.07, 6.45) is 0.113. The predicted molar refractivity (Wildman–Crippen MR) is 65.3 cm³/mol. The molecule has 0 spiro atoms. The van der Waals surface area contributed by atoms with E-state index in [1.165, 1.54) is 0 Å². The Morgan fingerprint density at radius 3 is 2.82 bits per heavy atom. The van der Waals surface area contributed by atoms with E-state index in [2.05, 4.69) is 5.32 Å². The third kappa shape index (κ3) is 3.31. The third-order valence-electron chi connectivity index (χ3n) is 2.38. The number of carbonyl (C=O) groups is 2. The van der Waals surface area contributed by atoms with Crippen LogP contribution in [0.15, 0.2) is 18.2 Å². The number of hydrogen-bond acceptors (Lipinski definition) is 3. The molecule has 4 nitrogen and oxygen atoms in total. The Morgan fingerprint density at radius 2 is 2.24 bits per heavy atom. The SMILES string of the molecule is CCNC(=O)C(C)Oc1c(C)cccc1C=O. The minimum Gasteiger partial charge on any atom is -0.480 e. The van der Waals surface area contributed by atoms with Crippen molar-refractivity contribution in [3.63, 3.8) is 0 Å². The van der Waals surface area contributed by atoms with Crippen molar-refractivity contribution >= 4 is 12.2 Å². The molecule has 1 aromatic carbocycles. The molecule has 0 heterocycles. The van der Waals surface area contributed by atoms with Gasteiger partial charge in [-0.3, -0.25) is 9.59 Å². The molecule has 1 amide bonds. The van der Waals surface area contributed by atoms with E-state index in [-0.39, 0.29) is 5.91 Å². The Kier molecular flexibility index (Phi) is 4.69. The number of amides is 1. The fraction of sp³-hybridized carbons (Fsp3) is 0.385. The van der Waals surface area contributed by atoms with Gasteiger partial charge >= 0.3 is 0 Å². The van der Waals surface area contributed by atoms with Crippen molar-refractivity contribution in [1.29, 1.82) is 0 Å². The molecule has 0 fully saturated rings. The van der Waals surface area contributed by atoms with Gasteiger partial charge in [-0.25, -0.2) is 0 Å². The normalized spacial score (nSPS) is 11.7. The lowest BCUT2D eigenvalue weighted by Crippen LogP contribution is -2.36. The second-order valence-electron chi connectivity index (χ2n) is 3.77. The van der Waals surface area contributed by atoms with E-state index in [1.807, 2.05) is 19.9 Å². The minimum absolute atomic E-state index is 0.187. The van der Waals surface area contributed by atoms with Gasteiger partial charge in [-0.05, 0) is 32.4 Å². The molecule has 1 atom stereocenters. The Bertz CT molecular complexity index is 415. The lowest BCUT2D eigenvalue weighted by Gasteiger charge is -2.17. The molecule has 0 saturated carbocycles. The number of carbonyl (C=O) groups excluding carboxylic acids is 2. The number of aldehydes is 1. The first-order chi connectivity index (χ1) is 8.10. The van der Waals surface area contributed by atoms with Crippen molar-refractivity contribution in [3.8, 4) is 5.75 Å². The lowest BCUT2D eigenvalue weighted by atomic mass is 10.1. The van der Waals surface area contributed by atoms with Crippen LogP contribution in [0.25, 0.3) is 0 Å². The summed E-state index contributed by atoms with van der Waals surface area (Å²) in [6, 6.07) is 5.29. The molecule has 0 aliphatic heterocycles. The number of nitrogens with one attached hydrogen (secondary N) is 1. The highest BCUT2D eigenvalue weighted by atomic mass is 16.5. The van der Waals surface area contributed by atoms with Gasteiger partial charge in [0.05, 0.1) is 5.56 Å². The second-order valence-corrected chi connectivity index (χ2v) is 3.77. The molecule has 4 heteroatoms. The van der Waals surface area contributed by atoms with E-state index in [1.54, 1.807) is 19.1 Å². The van der Waals surface area contributed by atoms with Crippen molar-refractivity contribution in [2.45, 2.75) is 26.9 Å². The predicted octanol–water partition coefficient (Wildman–Crippen LogP) is 1.71. The number of para-hydroxylation sites is 1. The summed E-state index contributed by atoms with van der Waals surface area (Å²) in [7, 11) is 0.